The van der Waals surface area contributed by atoms with Gasteiger partial charge in [0.05, 0.1) is 41.3 Å². The fourth-order valence-electron chi connectivity index (χ4n) is 2.74. The predicted molar refractivity (Wildman–Crippen MR) is 126 cm³/mol. The number of nitrogens with one attached hydrogen (secondary N) is 4. The quantitative estimate of drug-likeness (QED) is 0.171. The SMILES string of the molecule is C[NH+](C)CCCNC=C1C=CC(=O)C=C1O.C[NH+](C)CCCNC=C1C=CC(=O)C=C1O.[Ni]. The Hall–Kier alpha value is -2.61. The van der Waals surface area contributed by atoms with E-state index in [9.17, 15) is 19.8 Å². The Bertz CT molecular complexity index is 756. The first-order valence-electron chi connectivity index (χ1n) is 10.9. The average molecular weight is 505 g/mol. The van der Waals surface area contributed by atoms with Gasteiger partial charge in [0.25, 0.3) is 0 Å². The molecule has 0 spiro atoms. The molecule has 8 nitrogen and oxygen atoms in total. The summed E-state index contributed by atoms with van der Waals surface area (Å²) in [6.07, 6.45) is 14.2. The van der Waals surface area contributed by atoms with Gasteiger partial charge in [-0.25, -0.2) is 0 Å². The van der Waals surface area contributed by atoms with E-state index in [1.165, 1.54) is 34.1 Å². The molecule has 33 heavy (non-hydrogen) atoms. The van der Waals surface area contributed by atoms with Gasteiger partial charge in [0.1, 0.15) is 11.5 Å². The summed E-state index contributed by atoms with van der Waals surface area (Å²) in [6, 6.07) is 0. The van der Waals surface area contributed by atoms with E-state index in [2.05, 4.69) is 38.8 Å². The minimum absolute atomic E-state index is 0. The number of quaternary nitrogens is 2. The molecule has 0 aliphatic heterocycles. The first-order valence-corrected chi connectivity index (χ1v) is 10.9. The van der Waals surface area contributed by atoms with Crippen molar-refractivity contribution in [1.82, 2.24) is 10.6 Å². The molecule has 2 aliphatic carbocycles. The summed E-state index contributed by atoms with van der Waals surface area (Å²) in [4.78, 5) is 24.6. The molecular formula is C24H38N4NiO4+2. The third-order valence-corrected chi connectivity index (χ3v) is 4.51. The summed E-state index contributed by atoms with van der Waals surface area (Å²) < 4.78 is 0. The third kappa shape index (κ3) is 14.2. The smallest absolute Gasteiger partial charge is 0.182 e. The third-order valence-electron chi connectivity index (χ3n) is 4.51. The summed E-state index contributed by atoms with van der Waals surface area (Å²) in [5.74, 6) is -0.298. The predicted octanol–water partition coefficient (Wildman–Crippen LogP) is -0.852. The number of ketones is 2. The second-order valence-corrected chi connectivity index (χ2v) is 8.26. The summed E-state index contributed by atoms with van der Waals surface area (Å²) in [5, 5.41) is 25.2. The van der Waals surface area contributed by atoms with Crippen LogP contribution in [-0.2, 0) is 26.1 Å². The maximum atomic E-state index is 10.9. The molecule has 0 bridgehead atoms. The summed E-state index contributed by atoms with van der Waals surface area (Å²) in [7, 11) is 8.45. The number of carbonyl (C=O) groups is 2. The zero-order valence-corrected chi connectivity index (χ0v) is 20.9. The Balaban J connectivity index is 0.000000602. The molecule has 186 valence electrons. The Morgan fingerprint density at radius 3 is 1.39 bits per heavy atom. The molecule has 0 atom stereocenters. The molecule has 6 N–H and O–H groups in total. The van der Waals surface area contributed by atoms with Crippen molar-refractivity contribution < 1.29 is 46.1 Å². The molecule has 0 unspecified atom stereocenters. The molecule has 0 saturated carbocycles. The standard InChI is InChI=1S/2C12H18N2O2.Ni/c2*1-14(2)7-3-6-13-9-10-4-5-11(15)8-12(10)16;/h2*4-5,8-9,13,16H,3,6-7H2,1-2H3;/p+2. The molecule has 0 radical (unpaired) electrons. The van der Waals surface area contributed by atoms with Crippen LogP contribution in [0, 0.1) is 0 Å². The van der Waals surface area contributed by atoms with Crippen LogP contribution in [0.2, 0.25) is 0 Å². The molecule has 9 heteroatoms. The first kappa shape index (κ1) is 30.4. The average Bonchev–Trinajstić information content (AvgIpc) is 2.70. The van der Waals surface area contributed by atoms with Crippen LogP contribution in [0.1, 0.15) is 12.8 Å². The van der Waals surface area contributed by atoms with Crippen molar-refractivity contribution in [2.45, 2.75) is 12.8 Å². The molecule has 0 amide bonds. The van der Waals surface area contributed by atoms with Crippen LogP contribution in [-0.4, -0.2) is 76.1 Å². The van der Waals surface area contributed by atoms with E-state index < -0.39 is 0 Å². The fourth-order valence-corrected chi connectivity index (χ4v) is 2.74. The van der Waals surface area contributed by atoms with Crippen LogP contribution in [0.5, 0.6) is 0 Å². The van der Waals surface area contributed by atoms with Gasteiger partial charge in [-0.2, -0.15) is 0 Å². The Labute approximate surface area is 207 Å². The van der Waals surface area contributed by atoms with Crippen molar-refractivity contribution in [3.8, 4) is 0 Å². The molecular weight excluding hydrogens is 467 g/mol. The second-order valence-electron chi connectivity index (χ2n) is 8.26. The fraction of sp³-hybridized carbons (Fsp3) is 0.417. The van der Waals surface area contributed by atoms with E-state index >= 15 is 0 Å². The zero-order valence-electron chi connectivity index (χ0n) is 19.9. The van der Waals surface area contributed by atoms with Crippen molar-refractivity contribution in [2.24, 2.45) is 0 Å². The van der Waals surface area contributed by atoms with Crippen LogP contribution in [0.3, 0.4) is 0 Å². The van der Waals surface area contributed by atoms with Crippen LogP contribution < -0.4 is 20.4 Å². The summed E-state index contributed by atoms with van der Waals surface area (Å²) in [6.45, 7) is 3.94. The minimum atomic E-state index is -0.175. The van der Waals surface area contributed by atoms with Gasteiger partial charge in [-0.05, 0) is 24.3 Å². The van der Waals surface area contributed by atoms with Crippen molar-refractivity contribution in [1.29, 1.82) is 0 Å². The Morgan fingerprint density at radius 2 is 1.09 bits per heavy atom. The van der Waals surface area contributed by atoms with Crippen molar-refractivity contribution in [3.63, 3.8) is 0 Å². The van der Waals surface area contributed by atoms with Gasteiger partial charge in [-0.15, -0.1) is 0 Å². The number of rotatable bonds is 10. The topological polar surface area (TPSA) is 108 Å². The van der Waals surface area contributed by atoms with Crippen molar-refractivity contribution >= 4 is 11.6 Å². The van der Waals surface area contributed by atoms with E-state index in [0.717, 1.165) is 39.0 Å². The zero-order chi connectivity index (χ0) is 23.9. The van der Waals surface area contributed by atoms with Crippen LogP contribution in [0.15, 0.2) is 71.5 Å². The molecule has 0 fully saturated rings. The first-order chi connectivity index (χ1) is 15.2. The second kappa shape index (κ2) is 16.9. The molecule has 0 heterocycles. The number of carbonyl (C=O) groups excluding carboxylic acids is 2. The van der Waals surface area contributed by atoms with E-state index in [0.29, 0.717) is 11.1 Å². The van der Waals surface area contributed by atoms with Gasteiger partial charge in [0.2, 0.25) is 0 Å². The van der Waals surface area contributed by atoms with Crippen LogP contribution in [0.4, 0.5) is 0 Å². The van der Waals surface area contributed by atoms with Gasteiger partial charge in [-0.1, -0.05) is 0 Å². The van der Waals surface area contributed by atoms with Gasteiger partial charge < -0.3 is 30.6 Å². The normalized spacial score (nSPS) is 17.5. The molecule has 0 aromatic rings. The van der Waals surface area contributed by atoms with Crippen molar-refractivity contribution in [3.05, 3.63) is 71.5 Å². The number of aliphatic hydroxyl groups excluding tert-OH is 2. The van der Waals surface area contributed by atoms with E-state index in [1.54, 1.807) is 24.6 Å². The molecule has 2 aliphatic rings. The molecule has 0 saturated heterocycles. The van der Waals surface area contributed by atoms with Gasteiger partial charge >= 0.3 is 0 Å². The van der Waals surface area contributed by atoms with E-state index in [4.69, 9.17) is 0 Å². The maximum Gasteiger partial charge on any atom is 0.182 e. The van der Waals surface area contributed by atoms with E-state index in [-0.39, 0.29) is 39.6 Å². The number of hydrogen-bond acceptors (Lipinski definition) is 6. The van der Waals surface area contributed by atoms with E-state index in [1.807, 2.05) is 0 Å². The number of aliphatic hydroxyl groups is 2. The Morgan fingerprint density at radius 1 is 0.727 bits per heavy atom. The van der Waals surface area contributed by atoms with Crippen molar-refractivity contribution in [2.75, 3.05) is 54.4 Å². The largest absolute Gasteiger partial charge is 0.507 e. The van der Waals surface area contributed by atoms with Gasteiger partial charge in [-0.3, -0.25) is 9.59 Å². The summed E-state index contributed by atoms with van der Waals surface area (Å²) in [5.41, 5.74) is 1.30. The van der Waals surface area contributed by atoms with Gasteiger partial charge in [0, 0.05) is 78.1 Å². The molecule has 0 aromatic heterocycles. The van der Waals surface area contributed by atoms with Crippen LogP contribution >= 0.6 is 0 Å². The number of hydrogen-bond donors (Lipinski definition) is 6. The molecule has 2 rings (SSSR count). The van der Waals surface area contributed by atoms with Gasteiger partial charge in [0.15, 0.2) is 11.6 Å². The van der Waals surface area contributed by atoms with Crippen LogP contribution in [0.25, 0.3) is 0 Å². The Kier molecular flexibility index (Phi) is 15.6. The monoisotopic (exact) mass is 504 g/mol. The molecule has 0 aromatic carbocycles. The maximum absolute atomic E-state index is 10.9. The minimum Gasteiger partial charge on any atom is -0.507 e. The number of allylic oxidation sites excluding steroid dienone is 6. The summed E-state index contributed by atoms with van der Waals surface area (Å²) >= 11 is 0.